The first-order chi connectivity index (χ1) is 10.1. The van der Waals surface area contributed by atoms with Gasteiger partial charge in [0.1, 0.15) is 0 Å². The normalized spacial score (nSPS) is 19.2. The Balaban J connectivity index is 1.72. The number of aliphatic hydroxyl groups excluding tert-OH is 1. The van der Waals surface area contributed by atoms with E-state index in [2.05, 4.69) is 10.2 Å². The van der Waals surface area contributed by atoms with Crippen molar-refractivity contribution in [2.45, 2.75) is 18.9 Å². The van der Waals surface area contributed by atoms with Gasteiger partial charge >= 0.3 is 0 Å². The molecule has 21 heavy (non-hydrogen) atoms. The minimum absolute atomic E-state index is 0.0884. The number of β-amino-alcohol motifs (C(OH)–C–C–N with tert-alkyl or cyclic N) is 1. The molecular weight excluding hydrogens is 312 g/mol. The number of carbonyl (C=O) groups is 1. The monoisotopic (exact) mass is 332 g/mol. The van der Waals surface area contributed by atoms with Crippen LogP contribution in [-0.4, -0.2) is 61.4 Å². The van der Waals surface area contributed by atoms with Crippen molar-refractivity contribution in [2.24, 2.45) is 0 Å². The molecule has 1 aliphatic heterocycles. The third kappa shape index (κ3) is 5.23. The van der Waals surface area contributed by atoms with Gasteiger partial charge in [-0.2, -0.15) is 0 Å². The van der Waals surface area contributed by atoms with Crippen molar-refractivity contribution in [1.82, 2.24) is 10.2 Å². The SMILES string of the molecule is CC(C(=O)NCC(O)CN1CCOCC1)c1ccc(Cl)s1. The summed E-state index contributed by atoms with van der Waals surface area (Å²) in [6.07, 6.45) is -0.564. The lowest BCUT2D eigenvalue weighted by Gasteiger charge is -2.28. The Labute approximate surface area is 133 Å². The molecule has 1 aromatic heterocycles. The van der Waals surface area contributed by atoms with E-state index in [9.17, 15) is 9.90 Å². The second-order valence-corrected chi connectivity index (χ2v) is 6.92. The molecule has 5 nitrogen and oxygen atoms in total. The van der Waals surface area contributed by atoms with Crippen LogP contribution in [0.4, 0.5) is 0 Å². The van der Waals surface area contributed by atoms with Crippen molar-refractivity contribution >= 4 is 28.8 Å². The van der Waals surface area contributed by atoms with E-state index in [1.165, 1.54) is 11.3 Å². The number of nitrogens with one attached hydrogen (secondary N) is 1. The summed E-state index contributed by atoms with van der Waals surface area (Å²) in [7, 11) is 0. The van der Waals surface area contributed by atoms with Crippen LogP contribution >= 0.6 is 22.9 Å². The quantitative estimate of drug-likeness (QED) is 0.824. The van der Waals surface area contributed by atoms with E-state index in [1.807, 2.05) is 13.0 Å². The zero-order chi connectivity index (χ0) is 15.2. The summed E-state index contributed by atoms with van der Waals surface area (Å²) in [6.45, 7) is 5.73. The predicted molar refractivity (Wildman–Crippen MR) is 84.0 cm³/mol. The maximum atomic E-state index is 12.1. The van der Waals surface area contributed by atoms with Gasteiger partial charge in [0.05, 0.1) is 29.6 Å². The summed E-state index contributed by atoms with van der Waals surface area (Å²) in [5, 5.41) is 12.8. The van der Waals surface area contributed by atoms with Gasteiger partial charge in [0, 0.05) is 31.1 Å². The zero-order valence-electron chi connectivity index (χ0n) is 12.0. The molecule has 0 spiro atoms. The van der Waals surface area contributed by atoms with Crippen molar-refractivity contribution in [3.63, 3.8) is 0 Å². The maximum absolute atomic E-state index is 12.1. The predicted octanol–water partition coefficient (Wildman–Crippen LogP) is 1.31. The highest BCUT2D eigenvalue weighted by Crippen LogP contribution is 2.27. The van der Waals surface area contributed by atoms with Crippen LogP contribution in [0.15, 0.2) is 12.1 Å². The molecule has 2 atom stereocenters. The summed E-state index contributed by atoms with van der Waals surface area (Å²) in [5.74, 6) is -0.340. The number of hydrogen-bond acceptors (Lipinski definition) is 5. The number of amides is 1. The lowest BCUT2D eigenvalue weighted by atomic mass is 10.1. The highest BCUT2D eigenvalue weighted by Gasteiger charge is 2.19. The van der Waals surface area contributed by atoms with E-state index in [-0.39, 0.29) is 18.4 Å². The molecule has 7 heteroatoms. The lowest BCUT2D eigenvalue weighted by molar-refractivity contribution is -0.122. The molecule has 0 aliphatic carbocycles. The Bertz CT molecular complexity index is 463. The summed E-state index contributed by atoms with van der Waals surface area (Å²) < 4.78 is 5.94. The number of nitrogens with zero attached hydrogens (tertiary/aromatic N) is 1. The highest BCUT2D eigenvalue weighted by atomic mass is 35.5. The average Bonchev–Trinajstić information content (AvgIpc) is 2.91. The fourth-order valence-corrected chi connectivity index (χ4v) is 3.32. The minimum atomic E-state index is -0.564. The Morgan fingerprint density at radius 3 is 2.86 bits per heavy atom. The van der Waals surface area contributed by atoms with Gasteiger partial charge in [-0.25, -0.2) is 0 Å². The second-order valence-electron chi connectivity index (χ2n) is 5.18. The summed E-state index contributed by atoms with van der Waals surface area (Å²) in [5.41, 5.74) is 0. The molecule has 1 saturated heterocycles. The molecule has 1 fully saturated rings. The summed E-state index contributed by atoms with van der Waals surface area (Å²) in [4.78, 5) is 15.1. The number of morpholine rings is 1. The van der Waals surface area contributed by atoms with Gasteiger partial charge < -0.3 is 15.2 Å². The van der Waals surface area contributed by atoms with Crippen LogP contribution in [0.2, 0.25) is 4.34 Å². The highest BCUT2D eigenvalue weighted by molar-refractivity contribution is 7.16. The van der Waals surface area contributed by atoms with Crippen LogP contribution in [0.3, 0.4) is 0 Å². The molecule has 2 unspecified atom stereocenters. The smallest absolute Gasteiger partial charge is 0.228 e. The Morgan fingerprint density at radius 1 is 1.52 bits per heavy atom. The van der Waals surface area contributed by atoms with E-state index >= 15 is 0 Å². The van der Waals surface area contributed by atoms with Crippen molar-refractivity contribution in [2.75, 3.05) is 39.4 Å². The van der Waals surface area contributed by atoms with Crippen LogP contribution in [-0.2, 0) is 9.53 Å². The van der Waals surface area contributed by atoms with Gasteiger partial charge in [-0.05, 0) is 19.1 Å². The van der Waals surface area contributed by atoms with E-state index < -0.39 is 6.10 Å². The molecule has 118 valence electrons. The molecule has 0 saturated carbocycles. The first-order valence-electron chi connectivity index (χ1n) is 7.07. The van der Waals surface area contributed by atoms with Crippen LogP contribution in [0.1, 0.15) is 17.7 Å². The molecule has 0 radical (unpaired) electrons. The molecule has 1 aromatic rings. The maximum Gasteiger partial charge on any atom is 0.228 e. The lowest BCUT2D eigenvalue weighted by Crippen LogP contribution is -2.45. The van der Waals surface area contributed by atoms with Crippen molar-refractivity contribution in [1.29, 1.82) is 0 Å². The number of halogens is 1. The minimum Gasteiger partial charge on any atom is -0.390 e. The van der Waals surface area contributed by atoms with Gasteiger partial charge in [0.15, 0.2) is 0 Å². The van der Waals surface area contributed by atoms with Gasteiger partial charge in [-0.3, -0.25) is 9.69 Å². The molecule has 2 heterocycles. The molecule has 1 aliphatic rings. The Kier molecular flexibility index (Phi) is 6.44. The standard InChI is InChI=1S/C14H21ClN2O3S/c1-10(12-2-3-13(15)21-12)14(19)16-8-11(18)9-17-4-6-20-7-5-17/h2-3,10-11,18H,4-9H2,1H3,(H,16,19). The molecule has 2 N–H and O–H groups in total. The molecule has 1 amide bonds. The first kappa shape index (κ1) is 16.7. The first-order valence-corrected chi connectivity index (χ1v) is 8.27. The van der Waals surface area contributed by atoms with Crippen molar-refractivity contribution in [3.8, 4) is 0 Å². The van der Waals surface area contributed by atoms with Crippen LogP contribution in [0.25, 0.3) is 0 Å². The van der Waals surface area contributed by atoms with E-state index in [4.69, 9.17) is 16.3 Å². The number of carbonyl (C=O) groups excluding carboxylic acids is 1. The number of aliphatic hydroxyl groups is 1. The van der Waals surface area contributed by atoms with Crippen molar-refractivity contribution in [3.05, 3.63) is 21.3 Å². The van der Waals surface area contributed by atoms with Gasteiger partial charge in [0.2, 0.25) is 5.91 Å². The topological polar surface area (TPSA) is 61.8 Å². The Morgan fingerprint density at radius 2 is 2.24 bits per heavy atom. The molecule has 0 bridgehead atoms. The number of hydrogen-bond donors (Lipinski definition) is 2. The van der Waals surface area contributed by atoms with Crippen LogP contribution < -0.4 is 5.32 Å². The average molecular weight is 333 g/mol. The molecule has 0 aromatic carbocycles. The summed E-state index contributed by atoms with van der Waals surface area (Å²) in [6, 6.07) is 3.65. The zero-order valence-corrected chi connectivity index (χ0v) is 13.6. The fourth-order valence-electron chi connectivity index (χ4n) is 2.21. The van der Waals surface area contributed by atoms with E-state index in [1.54, 1.807) is 6.07 Å². The third-order valence-corrected chi connectivity index (χ3v) is 4.91. The fraction of sp³-hybridized carbons (Fsp3) is 0.643. The third-order valence-electron chi connectivity index (χ3n) is 3.50. The number of thiophene rings is 1. The Hall–Kier alpha value is -0.660. The molecule has 2 rings (SSSR count). The summed E-state index contributed by atoms with van der Waals surface area (Å²) >= 11 is 7.28. The molecular formula is C14H21ClN2O3S. The van der Waals surface area contributed by atoms with Crippen LogP contribution in [0, 0.1) is 0 Å². The van der Waals surface area contributed by atoms with E-state index in [0.29, 0.717) is 24.1 Å². The van der Waals surface area contributed by atoms with Crippen molar-refractivity contribution < 1.29 is 14.6 Å². The number of ether oxygens (including phenoxy) is 1. The van der Waals surface area contributed by atoms with Crippen LogP contribution in [0.5, 0.6) is 0 Å². The second kappa shape index (κ2) is 8.10. The van der Waals surface area contributed by atoms with Gasteiger partial charge in [0.25, 0.3) is 0 Å². The largest absolute Gasteiger partial charge is 0.390 e. The van der Waals surface area contributed by atoms with Gasteiger partial charge in [-0.15, -0.1) is 11.3 Å². The number of rotatable bonds is 6. The van der Waals surface area contributed by atoms with Gasteiger partial charge in [-0.1, -0.05) is 11.6 Å². The van der Waals surface area contributed by atoms with E-state index in [0.717, 1.165) is 18.0 Å².